The molecule has 9 heteroatoms. The lowest BCUT2D eigenvalue weighted by molar-refractivity contribution is 0.0881. The monoisotopic (exact) mass is 402 g/mol. The van der Waals surface area contributed by atoms with Gasteiger partial charge in [0.05, 0.1) is 12.4 Å². The summed E-state index contributed by atoms with van der Waals surface area (Å²) in [5.41, 5.74) is 1.23. The first kappa shape index (κ1) is 20.3. The van der Waals surface area contributed by atoms with Gasteiger partial charge in [0, 0.05) is 30.5 Å². The fourth-order valence-corrected chi connectivity index (χ4v) is 3.70. The second-order valence-electron chi connectivity index (χ2n) is 9.00. The molecule has 1 aromatic carbocycles. The number of ketones is 1. The van der Waals surface area contributed by atoms with E-state index in [1.165, 1.54) is 16.9 Å². The lowest BCUT2D eigenvalue weighted by Gasteiger charge is -2.34. The van der Waals surface area contributed by atoms with E-state index >= 15 is 0 Å². The first-order valence-electron chi connectivity index (χ1n) is 9.99. The van der Waals surface area contributed by atoms with Gasteiger partial charge in [-0.25, -0.2) is 4.68 Å². The van der Waals surface area contributed by atoms with E-state index in [-0.39, 0.29) is 23.4 Å². The number of hydrogen-bond donors (Lipinski definition) is 0. The zero-order valence-electron chi connectivity index (χ0n) is 17.9. The van der Waals surface area contributed by atoms with Crippen LogP contribution < -0.4 is 10.9 Å². The summed E-state index contributed by atoms with van der Waals surface area (Å²) in [4.78, 5) is 25.5. The second-order valence-corrected chi connectivity index (χ2v) is 9.00. The highest BCUT2D eigenvalue weighted by Crippen LogP contribution is 2.45. The zero-order valence-corrected chi connectivity index (χ0v) is 17.9. The Morgan fingerprint density at radius 1 is 1.20 bits per heavy atom. The summed E-state index contributed by atoms with van der Waals surface area (Å²) in [6.07, 6.45) is 4.91. The van der Waals surface area contributed by atoms with Crippen molar-refractivity contribution in [1.82, 2.24) is 19.6 Å². The molecule has 0 saturated carbocycles. The molecule has 0 radical (unpaired) electrons. The summed E-state index contributed by atoms with van der Waals surface area (Å²) in [5, 5.41) is 8.39. The summed E-state index contributed by atoms with van der Waals surface area (Å²) in [6, 6.07) is 8.66. The molecule has 0 unspecified atom stereocenters. The Kier molecular flexibility index (Phi) is 4.81. The van der Waals surface area contributed by atoms with Crippen LogP contribution in [0.1, 0.15) is 43.7 Å². The van der Waals surface area contributed by atoms with Crippen LogP contribution in [0.15, 0.2) is 53.7 Å². The molecule has 30 heavy (non-hydrogen) atoms. The van der Waals surface area contributed by atoms with E-state index in [4.69, 9.17) is 4.65 Å². The van der Waals surface area contributed by atoms with Crippen LogP contribution in [0.25, 0.3) is 5.69 Å². The lowest BCUT2D eigenvalue weighted by Crippen LogP contribution is -2.37. The fraction of sp³-hybridized carbons (Fsp3) is 0.333. The fourth-order valence-electron chi connectivity index (χ4n) is 3.70. The van der Waals surface area contributed by atoms with Gasteiger partial charge in [-0.1, -0.05) is 43.6 Å². The van der Waals surface area contributed by atoms with Gasteiger partial charge < -0.3 is 4.65 Å². The number of aryl methyl sites for hydroxylation is 1. The minimum absolute atomic E-state index is 0.0100. The number of carbonyl (C=O) groups is 1. The predicted octanol–water partition coefficient (Wildman–Crippen LogP) is 1.34. The molecule has 0 atom stereocenters. The quantitative estimate of drug-likeness (QED) is 0.486. The Hall–Kier alpha value is -2.93. The molecule has 0 spiro atoms. The van der Waals surface area contributed by atoms with E-state index in [2.05, 4.69) is 37.9 Å². The highest BCUT2D eigenvalue weighted by molar-refractivity contribution is 7.18. The normalized spacial score (nSPS) is 17.0. The molecule has 0 bridgehead atoms. The van der Waals surface area contributed by atoms with E-state index in [1.807, 2.05) is 18.2 Å². The third-order valence-electron chi connectivity index (χ3n) is 6.26. The van der Waals surface area contributed by atoms with Gasteiger partial charge in [-0.3, -0.25) is 14.3 Å². The maximum atomic E-state index is 13.1. The van der Waals surface area contributed by atoms with Crippen molar-refractivity contribution < 1.29 is 9.45 Å². The molecule has 0 aliphatic carbocycles. The summed E-state index contributed by atoms with van der Waals surface area (Å²) in [7, 11) is 2.65. The van der Waals surface area contributed by atoms with E-state index < -0.39 is 11.2 Å². The average Bonchev–Trinajstić information content (AvgIpc) is 3.22. The third-order valence-corrected chi connectivity index (χ3v) is 6.26. The van der Waals surface area contributed by atoms with Crippen LogP contribution >= 0.6 is 0 Å². The van der Waals surface area contributed by atoms with Crippen molar-refractivity contribution in [3.8, 4) is 5.69 Å². The molecular formula is C21H24B2N4O3. The standard InChI is InChI=1S/C21H24B2N4O3/c1-20(2)21(3,4)30-23(22-20)15-8-6-7-14(11-15)19(29)18-17(28)9-10-27(25-18)16-12-24-26(5)13-16/h6-13,22H,1-5H3. The van der Waals surface area contributed by atoms with Gasteiger partial charge in [0.2, 0.25) is 11.2 Å². The SMILES string of the molecule is Cn1cc(-n2ccc(=O)c(C(=O)c3cccc(B4BC(C)(C)C(C)(C)O4)c3)n2)cn1. The molecule has 1 saturated heterocycles. The predicted molar refractivity (Wildman–Crippen MR) is 118 cm³/mol. The lowest BCUT2D eigenvalue weighted by atomic mass is 9.23. The van der Waals surface area contributed by atoms with Gasteiger partial charge in [-0.15, -0.1) is 0 Å². The Labute approximate surface area is 176 Å². The molecule has 3 heterocycles. The molecule has 2 aromatic heterocycles. The number of benzene rings is 1. The number of aromatic nitrogens is 4. The van der Waals surface area contributed by atoms with Crippen LogP contribution in [-0.4, -0.2) is 44.9 Å². The van der Waals surface area contributed by atoms with E-state index in [0.717, 1.165) is 12.6 Å². The molecule has 152 valence electrons. The average molecular weight is 402 g/mol. The minimum Gasteiger partial charge on any atom is -0.434 e. The van der Waals surface area contributed by atoms with Gasteiger partial charge in [-0.05, 0) is 19.2 Å². The second kappa shape index (κ2) is 7.09. The third kappa shape index (κ3) is 3.54. The van der Waals surface area contributed by atoms with Crippen molar-refractivity contribution in [2.24, 2.45) is 7.05 Å². The highest BCUT2D eigenvalue weighted by Gasteiger charge is 2.50. The highest BCUT2D eigenvalue weighted by atomic mass is 16.5. The Morgan fingerprint density at radius 2 is 1.97 bits per heavy atom. The van der Waals surface area contributed by atoms with Crippen molar-refractivity contribution >= 4 is 25.2 Å². The van der Waals surface area contributed by atoms with Gasteiger partial charge in [0.15, 0.2) is 5.69 Å². The van der Waals surface area contributed by atoms with Crippen LogP contribution in [0, 0.1) is 0 Å². The Bertz CT molecular complexity index is 1170. The molecule has 1 fully saturated rings. The molecule has 0 amide bonds. The van der Waals surface area contributed by atoms with E-state index in [1.54, 1.807) is 30.2 Å². The summed E-state index contributed by atoms with van der Waals surface area (Å²) >= 11 is 0. The van der Waals surface area contributed by atoms with E-state index in [0.29, 0.717) is 11.3 Å². The maximum Gasteiger partial charge on any atom is 0.284 e. The van der Waals surface area contributed by atoms with E-state index in [9.17, 15) is 9.59 Å². The topological polar surface area (TPSA) is 79.0 Å². The number of hydrogen-bond acceptors (Lipinski definition) is 5. The molecule has 1 aliphatic heterocycles. The van der Waals surface area contributed by atoms with Crippen LogP contribution in [0.5, 0.6) is 0 Å². The summed E-state index contributed by atoms with van der Waals surface area (Å²) < 4.78 is 9.40. The first-order chi connectivity index (χ1) is 14.1. The van der Waals surface area contributed by atoms with Crippen molar-refractivity contribution in [3.05, 3.63) is 70.4 Å². The van der Waals surface area contributed by atoms with Crippen LogP contribution in [0.2, 0.25) is 5.31 Å². The van der Waals surface area contributed by atoms with Crippen LogP contribution in [-0.2, 0) is 11.7 Å². The number of nitrogens with zero attached hydrogens (tertiary/aromatic N) is 4. The molecule has 4 rings (SSSR count). The van der Waals surface area contributed by atoms with Crippen LogP contribution in [0.3, 0.4) is 0 Å². The van der Waals surface area contributed by atoms with Gasteiger partial charge in [0.25, 0.3) is 6.81 Å². The number of rotatable bonds is 4. The Balaban J connectivity index is 1.67. The van der Waals surface area contributed by atoms with Gasteiger partial charge >= 0.3 is 0 Å². The largest absolute Gasteiger partial charge is 0.434 e. The summed E-state index contributed by atoms with van der Waals surface area (Å²) in [5.74, 6) is -0.406. The van der Waals surface area contributed by atoms with Crippen LogP contribution in [0.4, 0.5) is 0 Å². The smallest absolute Gasteiger partial charge is 0.284 e. The van der Waals surface area contributed by atoms with Gasteiger partial charge in [0.1, 0.15) is 12.9 Å². The molecule has 1 aliphatic rings. The minimum atomic E-state index is -0.412. The number of carbonyl (C=O) groups excluding carboxylic acids is 1. The first-order valence-corrected chi connectivity index (χ1v) is 9.99. The molecule has 7 nitrogen and oxygen atoms in total. The maximum absolute atomic E-state index is 13.1. The molecule has 3 aromatic rings. The van der Waals surface area contributed by atoms with Gasteiger partial charge in [-0.2, -0.15) is 10.2 Å². The van der Waals surface area contributed by atoms with Crippen molar-refractivity contribution in [2.75, 3.05) is 0 Å². The summed E-state index contributed by atoms with van der Waals surface area (Å²) in [6.45, 7) is 8.47. The molecular weight excluding hydrogens is 378 g/mol. The van der Waals surface area contributed by atoms with Crippen molar-refractivity contribution in [1.29, 1.82) is 0 Å². The Morgan fingerprint density at radius 3 is 2.60 bits per heavy atom. The molecule has 0 N–H and O–H groups in total. The van der Waals surface area contributed by atoms with Crippen molar-refractivity contribution in [2.45, 2.75) is 38.6 Å². The zero-order chi connectivity index (χ0) is 21.7. The van der Waals surface area contributed by atoms with Crippen molar-refractivity contribution in [3.63, 3.8) is 0 Å².